The Morgan fingerprint density at radius 3 is 2.54 bits per heavy atom. The van der Waals surface area contributed by atoms with Crippen LogP contribution in [0.3, 0.4) is 0 Å². The van der Waals surface area contributed by atoms with E-state index in [1.807, 2.05) is 55.5 Å². The van der Waals surface area contributed by atoms with Gasteiger partial charge in [0.15, 0.2) is 4.32 Å². The molecule has 0 saturated carbocycles. The molecule has 0 spiro atoms. The Labute approximate surface area is 160 Å². The summed E-state index contributed by atoms with van der Waals surface area (Å²) in [5, 5.41) is 11.9. The third-order valence-corrected chi connectivity index (χ3v) is 5.85. The fraction of sp³-hybridized carbons (Fsp3) is 0.0476. The van der Waals surface area contributed by atoms with Gasteiger partial charge in [0.2, 0.25) is 0 Å². The van der Waals surface area contributed by atoms with E-state index in [0.29, 0.717) is 9.23 Å². The number of rotatable bonds is 2. The Morgan fingerprint density at radius 2 is 1.77 bits per heavy atom. The molecule has 0 bridgehead atoms. The van der Waals surface area contributed by atoms with Crippen molar-refractivity contribution < 1.29 is 9.90 Å². The number of anilines is 1. The fourth-order valence-corrected chi connectivity index (χ4v) is 4.35. The summed E-state index contributed by atoms with van der Waals surface area (Å²) in [5.41, 5.74) is 2.38. The summed E-state index contributed by atoms with van der Waals surface area (Å²) in [5.74, 6) is 0.0444. The van der Waals surface area contributed by atoms with Crippen LogP contribution in [0.1, 0.15) is 12.5 Å². The number of phenolic OH excluding ortho intramolecular Hbond substituents is 1. The van der Waals surface area contributed by atoms with Crippen molar-refractivity contribution in [3.05, 3.63) is 77.2 Å². The van der Waals surface area contributed by atoms with Crippen LogP contribution in [0.5, 0.6) is 5.75 Å². The maximum absolute atomic E-state index is 13.0. The lowest BCUT2D eigenvalue weighted by Crippen LogP contribution is -2.27. The number of hydrogen-bond acceptors (Lipinski definition) is 4. The highest BCUT2D eigenvalue weighted by Gasteiger charge is 2.35. The molecular formula is C21H15NO2S2. The lowest BCUT2D eigenvalue weighted by molar-refractivity contribution is -0.113. The summed E-state index contributed by atoms with van der Waals surface area (Å²) in [6.07, 6.45) is 0. The highest BCUT2D eigenvalue weighted by molar-refractivity contribution is 8.27. The molecule has 0 unspecified atom stereocenters. The highest BCUT2D eigenvalue weighted by atomic mass is 32.2. The standard InChI is InChI=1S/C21H15NO2S2/c1-13(15-7-4-8-18(23)12-15)19-20(24)22(21(25)26-19)17-10-9-14-5-2-3-6-16(14)11-17/h2-12,23H,1H3/b19-13+. The molecule has 128 valence electrons. The molecule has 0 atom stereocenters. The SMILES string of the molecule is C/C(=C1\SC(=S)N(c2ccc3ccccc3c2)C1=O)c1cccc(O)c1. The van der Waals surface area contributed by atoms with Gasteiger partial charge in [-0.05, 0) is 53.1 Å². The van der Waals surface area contributed by atoms with Crippen LogP contribution >= 0.6 is 24.0 Å². The number of carbonyl (C=O) groups excluding carboxylic acids is 1. The van der Waals surface area contributed by atoms with Crippen LogP contribution in [-0.4, -0.2) is 15.3 Å². The number of aromatic hydroxyl groups is 1. The normalized spacial score (nSPS) is 16.4. The number of benzene rings is 3. The van der Waals surface area contributed by atoms with Gasteiger partial charge >= 0.3 is 0 Å². The van der Waals surface area contributed by atoms with Gasteiger partial charge < -0.3 is 5.11 Å². The first kappa shape index (κ1) is 16.8. The third kappa shape index (κ3) is 2.89. The van der Waals surface area contributed by atoms with Crippen molar-refractivity contribution in [3.63, 3.8) is 0 Å². The lowest BCUT2D eigenvalue weighted by atomic mass is 10.1. The van der Waals surface area contributed by atoms with E-state index in [1.54, 1.807) is 23.1 Å². The van der Waals surface area contributed by atoms with Crippen LogP contribution in [0.4, 0.5) is 5.69 Å². The molecule has 1 N–H and O–H groups in total. The monoisotopic (exact) mass is 377 g/mol. The minimum Gasteiger partial charge on any atom is -0.508 e. The molecule has 1 saturated heterocycles. The second-order valence-electron chi connectivity index (χ2n) is 6.04. The van der Waals surface area contributed by atoms with E-state index in [4.69, 9.17) is 12.2 Å². The van der Waals surface area contributed by atoms with Gasteiger partial charge in [0, 0.05) is 0 Å². The fourth-order valence-electron chi connectivity index (χ4n) is 3.01. The summed E-state index contributed by atoms with van der Waals surface area (Å²) in [6.45, 7) is 1.88. The zero-order valence-corrected chi connectivity index (χ0v) is 15.6. The molecule has 1 fully saturated rings. The number of hydrogen-bond donors (Lipinski definition) is 1. The minimum absolute atomic E-state index is 0.129. The molecule has 0 aromatic heterocycles. The summed E-state index contributed by atoms with van der Waals surface area (Å²) in [4.78, 5) is 15.2. The van der Waals surface area contributed by atoms with E-state index in [2.05, 4.69) is 0 Å². The number of thiocarbonyl (C=S) groups is 1. The van der Waals surface area contributed by atoms with Gasteiger partial charge in [-0.1, -0.05) is 66.4 Å². The smallest absolute Gasteiger partial charge is 0.271 e. The van der Waals surface area contributed by atoms with Crippen LogP contribution in [0, 0.1) is 0 Å². The minimum atomic E-state index is -0.129. The number of fused-ring (bicyclic) bond motifs is 1. The van der Waals surface area contributed by atoms with E-state index in [0.717, 1.165) is 27.6 Å². The average molecular weight is 377 g/mol. The topological polar surface area (TPSA) is 40.5 Å². The molecule has 1 aliphatic rings. The van der Waals surface area contributed by atoms with Crippen molar-refractivity contribution in [1.29, 1.82) is 0 Å². The molecular weight excluding hydrogens is 362 g/mol. The van der Waals surface area contributed by atoms with Crippen molar-refractivity contribution in [1.82, 2.24) is 0 Å². The molecule has 3 aromatic rings. The number of phenols is 1. The summed E-state index contributed by atoms with van der Waals surface area (Å²) in [7, 11) is 0. The van der Waals surface area contributed by atoms with Crippen LogP contribution in [-0.2, 0) is 4.79 Å². The molecule has 3 nitrogen and oxygen atoms in total. The van der Waals surface area contributed by atoms with Crippen molar-refractivity contribution >= 4 is 56.2 Å². The van der Waals surface area contributed by atoms with Gasteiger partial charge in [0.1, 0.15) is 5.75 Å². The zero-order chi connectivity index (χ0) is 18.3. The van der Waals surface area contributed by atoms with Crippen LogP contribution in [0.15, 0.2) is 71.6 Å². The van der Waals surface area contributed by atoms with Gasteiger partial charge in [-0.25, -0.2) is 0 Å². The van der Waals surface area contributed by atoms with E-state index >= 15 is 0 Å². The van der Waals surface area contributed by atoms with Gasteiger partial charge in [0.25, 0.3) is 5.91 Å². The Kier molecular flexibility index (Phi) is 4.26. The summed E-state index contributed by atoms with van der Waals surface area (Å²) >= 11 is 6.78. The molecule has 1 heterocycles. The largest absolute Gasteiger partial charge is 0.508 e. The molecule has 0 aliphatic carbocycles. The quantitative estimate of drug-likeness (QED) is 0.483. The summed E-state index contributed by atoms with van der Waals surface area (Å²) in [6, 6.07) is 20.8. The van der Waals surface area contributed by atoms with E-state index in [-0.39, 0.29) is 11.7 Å². The Balaban J connectivity index is 1.76. The van der Waals surface area contributed by atoms with Gasteiger partial charge in [-0.3, -0.25) is 9.69 Å². The zero-order valence-electron chi connectivity index (χ0n) is 14.0. The van der Waals surface area contributed by atoms with Crippen molar-refractivity contribution in [2.45, 2.75) is 6.92 Å². The average Bonchev–Trinajstić information content (AvgIpc) is 2.95. The first-order valence-corrected chi connectivity index (χ1v) is 9.32. The molecule has 26 heavy (non-hydrogen) atoms. The molecule has 0 radical (unpaired) electrons. The first-order valence-electron chi connectivity index (χ1n) is 8.10. The Hall–Kier alpha value is -2.63. The number of allylic oxidation sites excluding steroid dienone is 1. The number of nitrogens with zero attached hydrogens (tertiary/aromatic N) is 1. The molecule has 5 heteroatoms. The van der Waals surface area contributed by atoms with E-state index < -0.39 is 0 Å². The maximum atomic E-state index is 13.0. The third-order valence-electron chi connectivity index (χ3n) is 4.38. The van der Waals surface area contributed by atoms with Crippen molar-refractivity contribution in [2.75, 3.05) is 4.90 Å². The predicted octanol–water partition coefficient (Wildman–Crippen LogP) is 5.34. The van der Waals surface area contributed by atoms with Crippen LogP contribution in [0.2, 0.25) is 0 Å². The van der Waals surface area contributed by atoms with E-state index in [1.165, 1.54) is 11.8 Å². The summed E-state index contributed by atoms with van der Waals surface area (Å²) < 4.78 is 0.514. The number of thioether (sulfide) groups is 1. The second-order valence-corrected chi connectivity index (χ2v) is 7.69. The Morgan fingerprint density at radius 1 is 1.00 bits per heavy atom. The van der Waals surface area contributed by atoms with Crippen molar-refractivity contribution in [2.24, 2.45) is 0 Å². The molecule has 1 aliphatic heterocycles. The molecule has 4 rings (SSSR count). The number of carbonyl (C=O) groups is 1. The first-order chi connectivity index (χ1) is 12.5. The second kappa shape index (κ2) is 6.59. The van der Waals surface area contributed by atoms with Gasteiger partial charge in [-0.15, -0.1) is 0 Å². The highest BCUT2D eigenvalue weighted by Crippen LogP contribution is 2.40. The molecule has 3 aromatic carbocycles. The van der Waals surface area contributed by atoms with Crippen LogP contribution < -0.4 is 4.90 Å². The predicted molar refractivity (Wildman–Crippen MR) is 112 cm³/mol. The van der Waals surface area contributed by atoms with Crippen molar-refractivity contribution in [3.8, 4) is 5.75 Å². The maximum Gasteiger partial charge on any atom is 0.271 e. The van der Waals surface area contributed by atoms with Gasteiger partial charge in [-0.2, -0.15) is 0 Å². The Bertz CT molecular complexity index is 1090. The molecule has 1 amide bonds. The van der Waals surface area contributed by atoms with Gasteiger partial charge in [0.05, 0.1) is 10.6 Å². The lowest BCUT2D eigenvalue weighted by Gasteiger charge is -2.15. The van der Waals surface area contributed by atoms with Crippen LogP contribution in [0.25, 0.3) is 16.3 Å². The van der Waals surface area contributed by atoms with E-state index in [9.17, 15) is 9.90 Å². The number of amides is 1.